The number of hydrogen-bond donors (Lipinski definition) is 1. The van der Waals surface area contributed by atoms with Crippen LogP contribution >= 0.6 is 0 Å². The summed E-state index contributed by atoms with van der Waals surface area (Å²) >= 11 is 0. The Bertz CT molecular complexity index is 284. The van der Waals surface area contributed by atoms with E-state index in [1.165, 1.54) is 24.9 Å². The first-order valence-electron chi connectivity index (χ1n) is 5.61. The van der Waals surface area contributed by atoms with Crippen LogP contribution in [0.1, 0.15) is 26.2 Å². The van der Waals surface area contributed by atoms with Gasteiger partial charge in [-0.25, -0.2) is 0 Å². The highest BCUT2D eigenvalue weighted by atomic mass is 15.1. The van der Waals surface area contributed by atoms with Crippen molar-refractivity contribution >= 4 is 11.4 Å². The summed E-state index contributed by atoms with van der Waals surface area (Å²) in [5.41, 5.74) is 2.32. The van der Waals surface area contributed by atoms with Crippen LogP contribution in [0.2, 0.25) is 0 Å². The maximum atomic E-state index is 4.14. The standard InChI is InChI=1S/C12H21N3/c1-4-5-6-8-14-11-10-13-9-7-12(11)15(2)3/h7,9-10,14H,4-6,8H2,1-3H3. The van der Waals surface area contributed by atoms with Crippen molar-refractivity contribution in [2.24, 2.45) is 0 Å². The van der Waals surface area contributed by atoms with Crippen molar-refractivity contribution in [1.82, 2.24) is 4.98 Å². The lowest BCUT2D eigenvalue weighted by atomic mass is 10.2. The topological polar surface area (TPSA) is 28.2 Å². The summed E-state index contributed by atoms with van der Waals surface area (Å²) in [6.45, 7) is 3.25. The monoisotopic (exact) mass is 207 g/mol. The molecule has 0 aliphatic heterocycles. The van der Waals surface area contributed by atoms with Crippen LogP contribution in [0.4, 0.5) is 11.4 Å². The Morgan fingerprint density at radius 2 is 2.13 bits per heavy atom. The van der Waals surface area contributed by atoms with E-state index >= 15 is 0 Å². The number of hydrogen-bond acceptors (Lipinski definition) is 3. The second-order valence-corrected chi connectivity index (χ2v) is 3.92. The Morgan fingerprint density at radius 3 is 2.80 bits per heavy atom. The normalized spacial score (nSPS) is 10.1. The fourth-order valence-corrected chi connectivity index (χ4v) is 1.51. The van der Waals surface area contributed by atoms with Gasteiger partial charge in [0, 0.05) is 26.8 Å². The first-order chi connectivity index (χ1) is 7.25. The smallest absolute Gasteiger partial charge is 0.0764 e. The number of rotatable bonds is 6. The molecule has 1 rings (SSSR count). The van der Waals surface area contributed by atoms with Gasteiger partial charge >= 0.3 is 0 Å². The van der Waals surface area contributed by atoms with Crippen LogP contribution in [0, 0.1) is 0 Å². The van der Waals surface area contributed by atoms with E-state index in [1.807, 2.05) is 32.6 Å². The molecule has 0 aromatic carbocycles. The second-order valence-electron chi connectivity index (χ2n) is 3.92. The fourth-order valence-electron chi connectivity index (χ4n) is 1.51. The summed E-state index contributed by atoms with van der Waals surface area (Å²) in [4.78, 5) is 6.24. The number of nitrogens with one attached hydrogen (secondary N) is 1. The van der Waals surface area contributed by atoms with E-state index < -0.39 is 0 Å². The zero-order valence-corrected chi connectivity index (χ0v) is 9.95. The van der Waals surface area contributed by atoms with Gasteiger partial charge in [-0.15, -0.1) is 0 Å². The molecule has 0 radical (unpaired) electrons. The number of anilines is 2. The lowest BCUT2D eigenvalue weighted by Gasteiger charge is -2.17. The fraction of sp³-hybridized carbons (Fsp3) is 0.583. The molecule has 3 nitrogen and oxygen atoms in total. The van der Waals surface area contributed by atoms with Crippen LogP contribution in [0.3, 0.4) is 0 Å². The largest absolute Gasteiger partial charge is 0.382 e. The van der Waals surface area contributed by atoms with E-state index in [-0.39, 0.29) is 0 Å². The molecule has 0 saturated carbocycles. The predicted octanol–water partition coefficient (Wildman–Crippen LogP) is 2.75. The summed E-state index contributed by atoms with van der Waals surface area (Å²) in [6, 6.07) is 2.03. The van der Waals surface area contributed by atoms with Gasteiger partial charge in [-0.05, 0) is 12.5 Å². The van der Waals surface area contributed by atoms with Crippen molar-refractivity contribution < 1.29 is 0 Å². The molecule has 1 heterocycles. The molecule has 0 aliphatic carbocycles. The van der Waals surface area contributed by atoms with Crippen LogP contribution in [0.5, 0.6) is 0 Å². The Morgan fingerprint density at radius 1 is 1.33 bits per heavy atom. The predicted molar refractivity (Wildman–Crippen MR) is 66.6 cm³/mol. The first-order valence-corrected chi connectivity index (χ1v) is 5.61. The molecule has 3 heteroatoms. The van der Waals surface area contributed by atoms with Gasteiger partial charge in [-0.2, -0.15) is 0 Å². The second kappa shape index (κ2) is 6.27. The van der Waals surface area contributed by atoms with Crippen molar-refractivity contribution in [3.05, 3.63) is 18.5 Å². The third kappa shape index (κ3) is 3.78. The number of pyridine rings is 1. The third-order valence-corrected chi connectivity index (χ3v) is 2.38. The summed E-state index contributed by atoms with van der Waals surface area (Å²) < 4.78 is 0. The summed E-state index contributed by atoms with van der Waals surface area (Å²) in [6.07, 6.45) is 7.48. The molecular weight excluding hydrogens is 186 g/mol. The maximum Gasteiger partial charge on any atom is 0.0764 e. The SMILES string of the molecule is CCCCCNc1cnccc1N(C)C. The van der Waals surface area contributed by atoms with Gasteiger partial charge in [0.25, 0.3) is 0 Å². The van der Waals surface area contributed by atoms with Crippen LogP contribution in [0.15, 0.2) is 18.5 Å². The molecule has 0 spiro atoms. The highest BCUT2D eigenvalue weighted by Gasteiger charge is 2.02. The minimum absolute atomic E-state index is 1.03. The molecule has 0 atom stereocenters. The van der Waals surface area contributed by atoms with Crippen LogP contribution in [-0.4, -0.2) is 25.6 Å². The number of nitrogens with zero attached hydrogens (tertiary/aromatic N) is 2. The van der Waals surface area contributed by atoms with Gasteiger partial charge in [0.05, 0.1) is 17.6 Å². The number of aromatic nitrogens is 1. The van der Waals surface area contributed by atoms with E-state index in [1.54, 1.807) is 0 Å². The Labute approximate surface area is 92.5 Å². The third-order valence-electron chi connectivity index (χ3n) is 2.38. The maximum absolute atomic E-state index is 4.14. The average molecular weight is 207 g/mol. The van der Waals surface area contributed by atoms with Crippen molar-refractivity contribution in [3.8, 4) is 0 Å². The zero-order valence-electron chi connectivity index (χ0n) is 9.95. The van der Waals surface area contributed by atoms with Gasteiger partial charge in [0.1, 0.15) is 0 Å². The van der Waals surface area contributed by atoms with E-state index in [9.17, 15) is 0 Å². The van der Waals surface area contributed by atoms with Gasteiger partial charge < -0.3 is 10.2 Å². The Balaban J connectivity index is 2.52. The van der Waals surface area contributed by atoms with Crippen LogP contribution in [-0.2, 0) is 0 Å². The molecule has 0 amide bonds. The Kier molecular flexibility index (Phi) is 4.95. The summed E-state index contributed by atoms with van der Waals surface area (Å²) in [5, 5.41) is 3.43. The lowest BCUT2D eigenvalue weighted by molar-refractivity contribution is 0.743. The minimum atomic E-state index is 1.03. The van der Waals surface area contributed by atoms with Crippen molar-refractivity contribution in [1.29, 1.82) is 0 Å². The molecular formula is C12H21N3. The highest BCUT2D eigenvalue weighted by molar-refractivity contribution is 5.67. The van der Waals surface area contributed by atoms with Crippen LogP contribution in [0.25, 0.3) is 0 Å². The van der Waals surface area contributed by atoms with Gasteiger partial charge in [-0.1, -0.05) is 19.8 Å². The van der Waals surface area contributed by atoms with E-state index in [0.29, 0.717) is 0 Å². The molecule has 0 saturated heterocycles. The zero-order chi connectivity index (χ0) is 11.1. The quantitative estimate of drug-likeness (QED) is 0.727. The van der Waals surface area contributed by atoms with Crippen LogP contribution < -0.4 is 10.2 Å². The molecule has 1 aromatic rings. The first kappa shape index (κ1) is 11.8. The highest BCUT2D eigenvalue weighted by Crippen LogP contribution is 2.21. The van der Waals surface area contributed by atoms with Gasteiger partial charge in [0.2, 0.25) is 0 Å². The molecule has 1 N–H and O–H groups in total. The minimum Gasteiger partial charge on any atom is -0.382 e. The molecule has 84 valence electrons. The molecule has 0 aliphatic rings. The van der Waals surface area contributed by atoms with Crippen molar-refractivity contribution in [3.63, 3.8) is 0 Å². The molecule has 0 fully saturated rings. The average Bonchev–Trinajstić information content (AvgIpc) is 2.25. The van der Waals surface area contributed by atoms with Crippen molar-refractivity contribution in [2.75, 3.05) is 30.9 Å². The van der Waals surface area contributed by atoms with Gasteiger partial charge in [0.15, 0.2) is 0 Å². The van der Waals surface area contributed by atoms with E-state index in [2.05, 4.69) is 22.1 Å². The molecule has 15 heavy (non-hydrogen) atoms. The molecule has 0 bridgehead atoms. The van der Waals surface area contributed by atoms with Gasteiger partial charge in [-0.3, -0.25) is 4.98 Å². The van der Waals surface area contributed by atoms with E-state index in [4.69, 9.17) is 0 Å². The molecule has 0 unspecified atom stereocenters. The lowest BCUT2D eigenvalue weighted by Crippen LogP contribution is -2.12. The summed E-state index contributed by atoms with van der Waals surface area (Å²) in [7, 11) is 4.10. The van der Waals surface area contributed by atoms with E-state index in [0.717, 1.165) is 12.2 Å². The number of unbranched alkanes of at least 4 members (excludes halogenated alkanes) is 2. The Hall–Kier alpha value is -1.25. The summed E-state index contributed by atoms with van der Waals surface area (Å²) in [5.74, 6) is 0. The molecule has 1 aromatic heterocycles. The van der Waals surface area contributed by atoms with Crippen molar-refractivity contribution in [2.45, 2.75) is 26.2 Å².